The van der Waals surface area contributed by atoms with Crippen molar-refractivity contribution in [1.82, 2.24) is 20.6 Å². The molecule has 0 unspecified atom stereocenters. The van der Waals surface area contributed by atoms with Crippen LogP contribution in [0.3, 0.4) is 0 Å². The summed E-state index contributed by atoms with van der Waals surface area (Å²) in [6.45, 7) is 2.98. The van der Waals surface area contributed by atoms with Crippen molar-refractivity contribution in [3.8, 4) is 11.4 Å². The number of aromatic amines is 1. The minimum atomic E-state index is 0.604. The molecular weight excluding hydrogens is 262 g/mol. The summed E-state index contributed by atoms with van der Waals surface area (Å²) in [6, 6.07) is 16.5. The van der Waals surface area contributed by atoms with Gasteiger partial charge in [-0.15, -0.1) is 10.2 Å². The van der Waals surface area contributed by atoms with Gasteiger partial charge < -0.3 is 5.32 Å². The molecule has 0 atom stereocenters. The lowest BCUT2D eigenvalue weighted by molar-refractivity contribution is 0.881. The van der Waals surface area contributed by atoms with Crippen LogP contribution in [0.15, 0.2) is 48.5 Å². The second kappa shape index (κ2) is 6.17. The minimum Gasteiger partial charge on any atom is -0.381 e. The molecule has 5 heteroatoms. The van der Waals surface area contributed by atoms with Crippen LogP contribution in [-0.4, -0.2) is 20.6 Å². The molecule has 2 aromatic carbocycles. The number of aromatic nitrogens is 4. The normalized spacial score (nSPS) is 10.5. The number of aryl methyl sites for hydroxylation is 1. The summed E-state index contributed by atoms with van der Waals surface area (Å²) in [6.07, 6.45) is 1.04. The van der Waals surface area contributed by atoms with Crippen molar-refractivity contribution in [3.63, 3.8) is 0 Å². The fourth-order valence-electron chi connectivity index (χ4n) is 2.32. The van der Waals surface area contributed by atoms with Crippen LogP contribution in [-0.2, 0) is 13.0 Å². The predicted molar refractivity (Wildman–Crippen MR) is 82.8 cm³/mol. The Morgan fingerprint density at radius 3 is 2.67 bits per heavy atom. The van der Waals surface area contributed by atoms with Gasteiger partial charge in [0, 0.05) is 17.8 Å². The van der Waals surface area contributed by atoms with E-state index in [4.69, 9.17) is 0 Å². The molecule has 2 N–H and O–H groups in total. The fraction of sp³-hybridized carbons (Fsp3) is 0.188. The van der Waals surface area contributed by atoms with E-state index in [0.717, 1.165) is 24.2 Å². The molecule has 5 nitrogen and oxygen atoms in total. The number of rotatable bonds is 5. The molecule has 0 aliphatic carbocycles. The zero-order valence-electron chi connectivity index (χ0n) is 11.9. The summed E-state index contributed by atoms with van der Waals surface area (Å²) in [5.41, 5.74) is 4.69. The van der Waals surface area contributed by atoms with Gasteiger partial charge in [0.1, 0.15) is 0 Å². The summed E-state index contributed by atoms with van der Waals surface area (Å²) >= 11 is 0. The summed E-state index contributed by atoms with van der Waals surface area (Å²) in [4.78, 5) is 0. The van der Waals surface area contributed by atoms with E-state index in [2.05, 4.69) is 57.1 Å². The summed E-state index contributed by atoms with van der Waals surface area (Å²) in [5, 5.41) is 17.5. The van der Waals surface area contributed by atoms with Crippen LogP contribution in [0.25, 0.3) is 11.4 Å². The van der Waals surface area contributed by atoms with Crippen molar-refractivity contribution in [2.45, 2.75) is 19.9 Å². The molecular formula is C16H17N5. The molecule has 0 saturated carbocycles. The molecule has 1 aromatic heterocycles. The van der Waals surface area contributed by atoms with Gasteiger partial charge in [-0.25, -0.2) is 0 Å². The zero-order valence-corrected chi connectivity index (χ0v) is 11.9. The lowest BCUT2D eigenvalue weighted by atomic mass is 10.1. The third-order valence-electron chi connectivity index (χ3n) is 3.45. The number of benzene rings is 2. The van der Waals surface area contributed by atoms with Gasteiger partial charge in [-0.3, -0.25) is 0 Å². The van der Waals surface area contributed by atoms with Crippen LogP contribution in [0.2, 0.25) is 0 Å². The van der Waals surface area contributed by atoms with E-state index in [-0.39, 0.29) is 0 Å². The van der Waals surface area contributed by atoms with E-state index < -0.39 is 0 Å². The lowest BCUT2D eigenvalue weighted by Crippen LogP contribution is -2.02. The quantitative estimate of drug-likeness (QED) is 0.753. The standard InChI is InChI=1S/C16H17N5/c1-2-12-6-3-4-7-14(12)11-17-15-9-5-8-13(10-15)16-18-20-21-19-16/h3-10,17H,2,11H2,1H3,(H,18,19,20,21). The van der Waals surface area contributed by atoms with Crippen molar-refractivity contribution in [1.29, 1.82) is 0 Å². The Balaban J connectivity index is 1.75. The Labute approximate surface area is 123 Å². The number of nitrogens with one attached hydrogen (secondary N) is 2. The Kier molecular flexibility index (Phi) is 3.91. The fourth-order valence-corrected chi connectivity index (χ4v) is 2.32. The van der Waals surface area contributed by atoms with Gasteiger partial charge in [-0.05, 0) is 34.9 Å². The number of hydrogen-bond acceptors (Lipinski definition) is 4. The highest BCUT2D eigenvalue weighted by Crippen LogP contribution is 2.19. The monoisotopic (exact) mass is 279 g/mol. The number of nitrogens with zero attached hydrogens (tertiary/aromatic N) is 3. The molecule has 0 fully saturated rings. The van der Waals surface area contributed by atoms with Crippen molar-refractivity contribution >= 4 is 5.69 Å². The van der Waals surface area contributed by atoms with Gasteiger partial charge in [0.2, 0.25) is 5.82 Å². The largest absolute Gasteiger partial charge is 0.381 e. The third kappa shape index (κ3) is 3.08. The van der Waals surface area contributed by atoms with E-state index in [1.807, 2.05) is 24.3 Å². The summed E-state index contributed by atoms with van der Waals surface area (Å²) < 4.78 is 0. The third-order valence-corrected chi connectivity index (χ3v) is 3.45. The molecule has 0 amide bonds. The highest BCUT2D eigenvalue weighted by atomic mass is 15.5. The van der Waals surface area contributed by atoms with Crippen molar-refractivity contribution in [2.75, 3.05) is 5.32 Å². The average molecular weight is 279 g/mol. The summed E-state index contributed by atoms with van der Waals surface area (Å²) in [5.74, 6) is 0.604. The number of anilines is 1. The minimum absolute atomic E-state index is 0.604. The van der Waals surface area contributed by atoms with Crippen molar-refractivity contribution in [3.05, 3.63) is 59.7 Å². The Hall–Kier alpha value is -2.69. The van der Waals surface area contributed by atoms with E-state index in [1.54, 1.807) is 0 Å². The van der Waals surface area contributed by atoms with Gasteiger partial charge in [0.05, 0.1) is 0 Å². The van der Waals surface area contributed by atoms with Crippen LogP contribution in [0, 0.1) is 0 Å². The zero-order chi connectivity index (χ0) is 14.5. The maximum Gasteiger partial charge on any atom is 0.204 e. The Morgan fingerprint density at radius 2 is 1.90 bits per heavy atom. The SMILES string of the molecule is CCc1ccccc1CNc1cccc(-c2nn[nH]n2)c1. The van der Waals surface area contributed by atoms with Crippen molar-refractivity contribution < 1.29 is 0 Å². The van der Waals surface area contributed by atoms with Gasteiger partial charge in [0.25, 0.3) is 0 Å². The van der Waals surface area contributed by atoms with Crippen molar-refractivity contribution in [2.24, 2.45) is 0 Å². The maximum absolute atomic E-state index is 4.00. The molecule has 0 aliphatic rings. The van der Waals surface area contributed by atoms with Crippen LogP contribution in [0.4, 0.5) is 5.69 Å². The van der Waals surface area contributed by atoms with Crippen LogP contribution in [0.1, 0.15) is 18.1 Å². The predicted octanol–water partition coefficient (Wildman–Crippen LogP) is 3.04. The van der Waals surface area contributed by atoms with Gasteiger partial charge in [-0.1, -0.05) is 43.3 Å². The first-order valence-corrected chi connectivity index (χ1v) is 7.01. The molecule has 0 radical (unpaired) electrons. The van der Waals surface area contributed by atoms with E-state index in [9.17, 15) is 0 Å². The molecule has 106 valence electrons. The van der Waals surface area contributed by atoms with E-state index in [0.29, 0.717) is 5.82 Å². The molecule has 3 aromatic rings. The average Bonchev–Trinajstić information content (AvgIpc) is 3.08. The second-order valence-corrected chi connectivity index (χ2v) is 4.79. The van der Waals surface area contributed by atoms with Crippen LogP contribution >= 0.6 is 0 Å². The molecule has 0 aliphatic heterocycles. The van der Waals surface area contributed by atoms with Gasteiger partial charge in [-0.2, -0.15) is 5.21 Å². The molecule has 3 rings (SSSR count). The first-order chi connectivity index (χ1) is 10.4. The maximum atomic E-state index is 4.00. The number of hydrogen-bond donors (Lipinski definition) is 2. The Morgan fingerprint density at radius 1 is 1.05 bits per heavy atom. The first kappa shape index (κ1) is 13.3. The molecule has 0 saturated heterocycles. The number of tetrazole rings is 1. The first-order valence-electron chi connectivity index (χ1n) is 7.01. The van der Waals surface area contributed by atoms with E-state index >= 15 is 0 Å². The topological polar surface area (TPSA) is 66.5 Å². The highest BCUT2D eigenvalue weighted by Gasteiger charge is 2.04. The molecule has 1 heterocycles. The van der Waals surface area contributed by atoms with Crippen LogP contribution in [0.5, 0.6) is 0 Å². The van der Waals surface area contributed by atoms with E-state index in [1.165, 1.54) is 11.1 Å². The summed E-state index contributed by atoms with van der Waals surface area (Å²) in [7, 11) is 0. The highest BCUT2D eigenvalue weighted by molar-refractivity contribution is 5.61. The second-order valence-electron chi connectivity index (χ2n) is 4.79. The smallest absolute Gasteiger partial charge is 0.204 e. The van der Waals surface area contributed by atoms with Gasteiger partial charge in [0.15, 0.2) is 0 Å². The molecule has 0 spiro atoms. The number of H-pyrrole nitrogens is 1. The Bertz CT molecular complexity index is 706. The molecule has 0 bridgehead atoms. The molecule has 21 heavy (non-hydrogen) atoms. The lowest BCUT2D eigenvalue weighted by Gasteiger charge is -2.10. The van der Waals surface area contributed by atoms with Gasteiger partial charge >= 0.3 is 0 Å². The van der Waals surface area contributed by atoms with Crippen LogP contribution < -0.4 is 5.32 Å².